The van der Waals surface area contributed by atoms with E-state index in [0.29, 0.717) is 12.8 Å². The maximum Gasteiger partial charge on any atom is 0.408 e. The first kappa shape index (κ1) is 18.7. The zero-order valence-corrected chi connectivity index (χ0v) is 13.3. The van der Waals surface area contributed by atoms with Gasteiger partial charge in [0.2, 0.25) is 0 Å². The lowest BCUT2D eigenvalue weighted by molar-refractivity contribution is -0.139. The van der Waals surface area contributed by atoms with Crippen LogP contribution in [0.5, 0.6) is 0 Å². The molecule has 0 spiro atoms. The van der Waals surface area contributed by atoms with Crippen molar-refractivity contribution in [3.8, 4) is 0 Å². The van der Waals surface area contributed by atoms with Gasteiger partial charge in [-0.1, -0.05) is 36.4 Å². The highest BCUT2D eigenvalue weighted by molar-refractivity contribution is 5.79. The maximum atomic E-state index is 11.7. The van der Waals surface area contributed by atoms with Crippen molar-refractivity contribution < 1.29 is 19.4 Å². The van der Waals surface area contributed by atoms with Crippen molar-refractivity contribution in [3.05, 3.63) is 48.6 Å². The number of benzene rings is 1. The standard InChI is InChI=1S/C17H24N2O4/c1-3-7-14(18-2)10-11-15(16(20)21)19-17(22)23-12-13-8-5-4-6-9-13/h3-6,8-9,14-15,18H,1,7,10-12H2,2H3,(H,19,22)(H,20,21). The SMILES string of the molecule is C=CCC(CCC(NC(=O)OCc1ccccc1)C(=O)O)NC. The van der Waals surface area contributed by atoms with Crippen molar-refractivity contribution in [2.75, 3.05) is 7.05 Å². The Labute approximate surface area is 136 Å². The van der Waals surface area contributed by atoms with E-state index in [2.05, 4.69) is 17.2 Å². The number of hydrogen-bond acceptors (Lipinski definition) is 4. The van der Waals surface area contributed by atoms with Crippen molar-refractivity contribution in [2.45, 2.75) is 38.0 Å². The minimum Gasteiger partial charge on any atom is -0.480 e. The number of aliphatic carboxylic acids is 1. The van der Waals surface area contributed by atoms with Gasteiger partial charge in [-0.15, -0.1) is 6.58 Å². The Hall–Kier alpha value is -2.34. The van der Waals surface area contributed by atoms with Crippen LogP contribution in [0.15, 0.2) is 43.0 Å². The minimum absolute atomic E-state index is 0.106. The highest BCUT2D eigenvalue weighted by atomic mass is 16.5. The van der Waals surface area contributed by atoms with Crippen LogP contribution in [-0.4, -0.2) is 36.3 Å². The average Bonchev–Trinajstić information content (AvgIpc) is 2.56. The van der Waals surface area contributed by atoms with Crippen LogP contribution < -0.4 is 10.6 Å². The summed E-state index contributed by atoms with van der Waals surface area (Å²) in [5.74, 6) is -1.07. The highest BCUT2D eigenvalue weighted by Gasteiger charge is 2.21. The van der Waals surface area contributed by atoms with Gasteiger partial charge >= 0.3 is 12.1 Å². The van der Waals surface area contributed by atoms with Crippen molar-refractivity contribution in [1.82, 2.24) is 10.6 Å². The van der Waals surface area contributed by atoms with E-state index < -0.39 is 18.1 Å². The first-order valence-electron chi connectivity index (χ1n) is 7.55. The van der Waals surface area contributed by atoms with Gasteiger partial charge in [0.05, 0.1) is 0 Å². The van der Waals surface area contributed by atoms with Crippen molar-refractivity contribution in [2.24, 2.45) is 0 Å². The van der Waals surface area contributed by atoms with E-state index in [1.54, 1.807) is 6.08 Å². The molecule has 3 N–H and O–H groups in total. The summed E-state index contributed by atoms with van der Waals surface area (Å²) in [6.07, 6.45) is 2.71. The second-order valence-corrected chi connectivity index (χ2v) is 5.18. The number of ether oxygens (including phenoxy) is 1. The predicted molar refractivity (Wildman–Crippen MR) is 88.1 cm³/mol. The molecule has 23 heavy (non-hydrogen) atoms. The van der Waals surface area contributed by atoms with Crippen LogP contribution >= 0.6 is 0 Å². The van der Waals surface area contributed by atoms with E-state index in [4.69, 9.17) is 4.74 Å². The Kier molecular flexibility index (Phi) is 8.46. The average molecular weight is 320 g/mol. The summed E-state index contributed by atoms with van der Waals surface area (Å²) in [6, 6.07) is 8.37. The quantitative estimate of drug-likeness (QED) is 0.576. The lowest BCUT2D eigenvalue weighted by Gasteiger charge is -2.18. The zero-order chi connectivity index (χ0) is 17.1. The molecule has 126 valence electrons. The first-order chi connectivity index (χ1) is 11.1. The molecular formula is C17H24N2O4. The first-order valence-corrected chi connectivity index (χ1v) is 7.55. The molecule has 1 amide bonds. The van der Waals surface area contributed by atoms with E-state index in [0.717, 1.165) is 12.0 Å². The van der Waals surface area contributed by atoms with Crippen LogP contribution in [0, 0.1) is 0 Å². The minimum atomic E-state index is -1.07. The smallest absolute Gasteiger partial charge is 0.408 e. The molecular weight excluding hydrogens is 296 g/mol. The molecule has 0 saturated carbocycles. The molecule has 0 radical (unpaired) electrons. The summed E-state index contributed by atoms with van der Waals surface area (Å²) in [5.41, 5.74) is 0.843. The number of carbonyl (C=O) groups is 2. The van der Waals surface area contributed by atoms with Crippen LogP contribution in [0.3, 0.4) is 0 Å². The summed E-state index contributed by atoms with van der Waals surface area (Å²) >= 11 is 0. The maximum absolute atomic E-state index is 11.7. The third-order valence-corrected chi connectivity index (χ3v) is 3.47. The Bertz CT molecular complexity index is 505. The molecule has 0 saturated heterocycles. The fourth-order valence-electron chi connectivity index (χ4n) is 2.11. The predicted octanol–water partition coefficient (Wildman–Crippen LogP) is 2.31. The van der Waals surface area contributed by atoms with E-state index in [-0.39, 0.29) is 12.6 Å². The summed E-state index contributed by atoms with van der Waals surface area (Å²) < 4.78 is 5.04. The van der Waals surface area contributed by atoms with Crippen LogP contribution in [0.1, 0.15) is 24.8 Å². The van der Waals surface area contributed by atoms with Gasteiger partial charge < -0.3 is 20.5 Å². The van der Waals surface area contributed by atoms with Crippen LogP contribution in [0.25, 0.3) is 0 Å². The topological polar surface area (TPSA) is 87.7 Å². The Morgan fingerprint density at radius 3 is 2.57 bits per heavy atom. The van der Waals surface area contributed by atoms with Crippen molar-refractivity contribution in [3.63, 3.8) is 0 Å². The molecule has 1 aromatic carbocycles. The lowest BCUT2D eigenvalue weighted by Crippen LogP contribution is -2.42. The molecule has 0 aromatic heterocycles. The van der Waals surface area contributed by atoms with Gasteiger partial charge in [-0.05, 0) is 31.9 Å². The largest absolute Gasteiger partial charge is 0.480 e. The van der Waals surface area contributed by atoms with Crippen molar-refractivity contribution >= 4 is 12.1 Å². The van der Waals surface area contributed by atoms with Gasteiger partial charge in [0.15, 0.2) is 0 Å². The Morgan fingerprint density at radius 1 is 1.30 bits per heavy atom. The highest BCUT2D eigenvalue weighted by Crippen LogP contribution is 2.07. The van der Waals surface area contributed by atoms with Crippen molar-refractivity contribution in [1.29, 1.82) is 0 Å². The third kappa shape index (κ3) is 7.46. The van der Waals surface area contributed by atoms with Crippen LogP contribution in [0.4, 0.5) is 4.79 Å². The normalized spacial score (nSPS) is 12.9. The molecule has 0 fully saturated rings. The lowest BCUT2D eigenvalue weighted by atomic mass is 10.0. The Balaban J connectivity index is 2.43. The number of alkyl carbamates (subject to hydrolysis) is 1. The number of hydrogen-bond donors (Lipinski definition) is 3. The van der Waals surface area contributed by atoms with Gasteiger partial charge in [0, 0.05) is 6.04 Å². The number of nitrogens with one attached hydrogen (secondary N) is 2. The Morgan fingerprint density at radius 2 is 2.00 bits per heavy atom. The van der Waals surface area contributed by atoms with E-state index >= 15 is 0 Å². The number of carboxylic acids is 1. The number of amides is 1. The summed E-state index contributed by atoms with van der Waals surface area (Å²) in [4.78, 5) is 23.0. The molecule has 0 bridgehead atoms. The molecule has 6 heteroatoms. The van der Waals surface area contributed by atoms with E-state index in [9.17, 15) is 14.7 Å². The fraction of sp³-hybridized carbons (Fsp3) is 0.412. The van der Waals surface area contributed by atoms with Gasteiger partial charge in [-0.2, -0.15) is 0 Å². The number of carbonyl (C=O) groups excluding carboxylic acids is 1. The van der Waals surface area contributed by atoms with E-state index in [1.807, 2.05) is 37.4 Å². The van der Waals surface area contributed by atoms with Crippen LogP contribution in [-0.2, 0) is 16.1 Å². The molecule has 0 aliphatic heterocycles. The molecule has 0 heterocycles. The molecule has 0 aliphatic rings. The van der Waals surface area contributed by atoms with Gasteiger partial charge in [-0.25, -0.2) is 9.59 Å². The van der Waals surface area contributed by atoms with Crippen LogP contribution in [0.2, 0.25) is 0 Å². The third-order valence-electron chi connectivity index (χ3n) is 3.47. The second kappa shape index (κ2) is 10.4. The zero-order valence-electron chi connectivity index (χ0n) is 13.3. The number of carboxylic acid groups (broad SMARTS) is 1. The summed E-state index contributed by atoms with van der Waals surface area (Å²) in [5, 5.41) is 14.7. The molecule has 1 aromatic rings. The number of rotatable bonds is 10. The fourth-order valence-corrected chi connectivity index (χ4v) is 2.11. The molecule has 2 unspecified atom stereocenters. The summed E-state index contributed by atoms with van der Waals surface area (Å²) in [6.45, 7) is 3.77. The monoisotopic (exact) mass is 320 g/mol. The molecule has 2 atom stereocenters. The second-order valence-electron chi connectivity index (χ2n) is 5.18. The molecule has 1 rings (SSSR count). The van der Waals surface area contributed by atoms with Gasteiger partial charge in [0.1, 0.15) is 12.6 Å². The van der Waals surface area contributed by atoms with Gasteiger partial charge in [-0.3, -0.25) is 0 Å². The van der Waals surface area contributed by atoms with E-state index in [1.165, 1.54) is 0 Å². The summed E-state index contributed by atoms with van der Waals surface area (Å²) in [7, 11) is 1.81. The molecule has 0 aliphatic carbocycles. The van der Waals surface area contributed by atoms with Gasteiger partial charge in [0.25, 0.3) is 0 Å². The molecule has 6 nitrogen and oxygen atoms in total.